The normalized spacial score (nSPS) is 13.4. The SMILES string of the molecule is COC(CCCS(=O)(=O)c1cccs1)CC(C)=O. The molecule has 1 atom stereocenters. The van der Waals surface area contributed by atoms with Crippen molar-refractivity contribution in [3.8, 4) is 0 Å². The van der Waals surface area contributed by atoms with Crippen LogP contribution >= 0.6 is 11.3 Å². The number of sulfone groups is 1. The van der Waals surface area contributed by atoms with Crippen molar-refractivity contribution in [1.29, 1.82) is 0 Å². The number of thiophene rings is 1. The van der Waals surface area contributed by atoms with Crippen molar-refractivity contribution < 1.29 is 17.9 Å². The van der Waals surface area contributed by atoms with Crippen LogP contribution in [0.3, 0.4) is 0 Å². The van der Waals surface area contributed by atoms with Crippen molar-refractivity contribution in [2.45, 2.75) is 36.5 Å². The molecule has 0 radical (unpaired) electrons. The predicted octanol–water partition coefficient (Wildman–Crippen LogP) is 2.30. The molecule has 0 aromatic carbocycles. The minimum atomic E-state index is -3.17. The average Bonchev–Trinajstić information content (AvgIpc) is 2.81. The Hall–Kier alpha value is -0.720. The molecule has 0 spiro atoms. The number of hydrogen-bond acceptors (Lipinski definition) is 5. The molecular formula is C12H18O4S2. The van der Waals surface area contributed by atoms with Crippen LogP contribution in [0, 0.1) is 0 Å². The van der Waals surface area contributed by atoms with Gasteiger partial charge in [-0.25, -0.2) is 8.42 Å². The van der Waals surface area contributed by atoms with Gasteiger partial charge in [-0.1, -0.05) is 6.07 Å². The molecule has 0 bridgehead atoms. The molecule has 18 heavy (non-hydrogen) atoms. The molecule has 1 rings (SSSR count). The summed E-state index contributed by atoms with van der Waals surface area (Å²) in [5, 5.41) is 1.75. The number of ketones is 1. The zero-order chi connectivity index (χ0) is 13.6. The largest absolute Gasteiger partial charge is 0.381 e. The molecule has 1 aromatic heterocycles. The lowest BCUT2D eigenvalue weighted by molar-refractivity contribution is -0.119. The second-order valence-electron chi connectivity index (χ2n) is 4.16. The van der Waals surface area contributed by atoms with Gasteiger partial charge >= 0.3 is 0 Å². The van der Waals surface area contributed by atoms with Gasteiger partial charge in [-0.15, -0.1) is 11.3 Å². The number of methoxy groups -OCH3 is 1. The Morgan fingerprint density at radius 2 is 2.22 bits per heavy atom. The Balaban J connectivity index is 2.44. The second kappa shape index (κ2) is 7.01. The van der Waals surface area contributed by atoms with Crippen LogP contribution in [-0.4, -0.2) is 33.2 Å². The Kier molecular flexibility index (Phi) is 5.98. The Morgan fingerprint density at radius 1 is 1.50 bits per heavy atom. The first-order valence-electron chi connectivity index (χ1n) is 5.74. The number of ether oxygens (including phenoxy) is 1. The average molecular weight is 290 g/mol. The van der Waals surface area contributed by atoms with Crippen molar-refractivity contribution in [1.82, 2.24) is 0 Å². The van der Waals surface area contributed by atoms with Crippen LogP contribution in [0.25, 0.3) is 0 Å². The fourth-order valence-electron chi connectivity index (χ4n) is 1.67. The summed E-state index contributed by atoms with van der Waals surface area (Å²) in [5.74, 6) is 0.161. The Morgan fingerprint density at radius 3 is 2.72 bits per heavy atom. The molecule has 1 unspecified atom stereocenters. The molecule has 1 aromatic rings. The van der Waals surface area contributed by atoms with E-state index in [1.807, 2.05) is 0 Å². The van der Waals surface area contributed by atoms with Crippen LogP contribution in [0.15, 0.2) is 21.7 Å². The summed E-state index contributed by atoms with van der Waals surface area (Å²) in [6.45, 7) is 1.51. The summed E-state index contributed by atoms with van der Waals surface area (Å²) < 4.78 is 29.3. The van der Waals surface area contributed by atoms with Crippen molar-refractivity contribution in [3.63, 3.8) is 0 Å². The molecule has 0 saturated carbocycles. The monoisotopic (exact) mass is 290 g/mol. The summed E-state index contributed by atoms with van der Waals surface area (Å²) in [4.78, 5) is 11.0. The number of hydrogen-bond donors (Lipinski definition) is 0. The zero-order valence-electron chi connectivity index (χ0n) is 10.6. The van der Waals surface area contributed by atoms with Crippen molar-refractivity contribution in [3.05, 3.63) is 17.5 Å². The fourth-order valence-corrected chi connectivity index (χ4v) is 4.15. The van der Waals surface area contributed by atoms with Crippen LogP contribution in [0.5, 0.6) is 0 Å². The Labute approximate surface area is 112 Å². The van der Waals surface area contributed by atoms with Crippen LogP contribution in [0.2, 0.25) is 0 Å². The van der Waals surface area contributed by atoms with Crippen molar-refractivity contribution in [2.75, 3.05) is 12.9 Å². The Bertz CT molecular complexity index is 462. The van der Waals surface area contributed by atoms with E-state index in [0.29, 0.717) is 23.5 Å². The number of carbonyl (C=O) groups excluding carboxylic acids is 1. The maximum Gasteiger partial charge on any atom is 0.187 e. The highest BCUT2D eigenvalue weighted by atomic mass is 32.2. The summed E-state index contributed by atoms with van der Waals surface area (Å²) >= 11 is 1.23. The summed E-state index contributed by atoms with van der Waals surface area (Å²) in [6.07, 6.45) is 1.25. The molecule has 0 N–H and O–H groups in total. The third kappa shape index (κ3) is 4.88. The van der Waals surface area contributed by atoms with Gasteiger partial charge in [0.25, 0.3) is 0 Å². The van der Waals surface area contributed by atoms with E-state index in [4.69, 9.17) is 4.74 Å². The number of rotatable bonds is 8. The van der Waals surface area contributed by atoms with Gasteiger partial charge < -0.3 is 4.74 Å². The summed E-state index contributed by atoms with van der Waals surface area (Å²) in [6, 6.07) is 3.34. The highest BCUT2D eigenvalue weighted by molar-refractivity contribution is 7.93. The topological polar surface area (TPSA) is 60.4 Å². The van der Waals surface area contributed by atoms with Crippen LogP contribution in [-0.2, 0) is 19.4 Å². The lowest BCUT2D eigenvalue weighted by atomic mass is 10.1. The van der Waals surface area contributed by atoms with E-state index >= 15 is 0 Å². The molecular weight excluding hydrogens is 272 g/mol. The van der Waals surface area contributed by atoms with Gasteiger partial charge in [-0.05, 0) is 31.2 Å². The lowest BCUT2D eigenvalue weighted by Gasteiger charge is -2.13. The molecule has 4 nitrogen and oxygen atoms in total. The smallest absolute Gasteiger partial charge is 0.187 e. The van der Waals surface area contributed by atoms with Gasteiger partial charge in [-0.3, -0.25) is 4.79 Å². The molecule has 1 heterocycles. The second-order valence-corrected chi connectivity index (χ2v) is 7.44. The maximum atomic E-state index is 11.9. The zero-order valence-corrected chi connectivity index (χ0v) is 12.2. The van der Waals surface area contributed by atoms with E-state index in [1.54, 1.807) is 24.6 Å². The molecule has 0 fully saturated rings. The van der Waals surface area contributed by atoms with Gasteiger partial charge in [0.15, 0.2) is 9.84 Å². The van der Waals surface area contributed by atoms with E-state index in [2.05, 4.69) is 0 Å². The van der Waals surface area contributed by atoms with E-state index < -0.39 is 9.84 Å². The fraction of sp³-hybridized carbons (Fsp3) is 0.583. The number of Topliss-reactive ketones (excluding diaryl/α,β-unsaturated/α-hetero) is 1. The molecule has 0 saturated heterocycles. The van der Waals surface area contributed by atoms with Gasteiger partial charge in [0.2, 0.25) is 0 Å². The first-order chi connectivity index (χ1) is 8.45. The highest BCUT2D eigenvalue weighted by Crippen LogP contribution is 2.19. The van der Waals surface area contributed by atoms with E-state index in [0.717, 1.165) is 0 Å². The first-order valence-corrected chi connectivity index (χ1v) is 8.27. The van der Waals surface area contributed by atoms with Crippen molar-refractivity contribution >= 4 is 27.0 Å². The lowest BCUT2D eigenvalue weighted by Crippen LogP contribution is -2.16. The molecule has 0 aliphatic heterocycles. The third-order valence-corrected chi connectivity index (χ3v) is 5.88. The van der Waals surface area contributed by atoms with Crippen molar-refractivity contribution in [2.24, 2.45) is 0 Å². The minimum absolute atomic E-state index is 0.0583. The predicted molar refractivity (Wildman–Crippen MR) is 71.7 cm³/mol. The molecule has 0 aliphatic carbocycles. The summed E-state index contributed by atoms with van der Waals surface area (Å²) in [5.41, 5.74) is 0. The van der Waals surface area contributed by atoms with E-state index in [-0.39, 0.29) is 17.6 Å². The first kappa shape index (κ1) is 15.3. The van der Waals surface area contributed by atoms with E-state index in [9.17, 15) is 13.2 Å². The molecule has 6 heteroatoms. The highest BCUT2D eigenvalue weighted by Gasteiger charge is 2.17. The molecule has 0 aliphatic rings. The van der Waals surface area contributed by atoms with Gasteiger partial charge in [0.05, 0.1) is 11.9 Å². The molecule has 0 amide bonds. The molecule has 102 valence electrons. The van der Waals surface area contributed by atoms with Gasteiger partial charge in [-0.2, -0.15) is 0 Å². The van der Waals surface area contributed by atoms with Crippen LogP contribution < -0.4 is 0 Å². The van der Waals surface area contributed by atoms with Crippen LogP contribution in [0.1, 0.15) is 26.2 Å². The standard InChI is InChI=1S/C12H18O4S2/c1-10(13)9-11(16-2)5-4-8-18(14,15)12-6-3-7-17-12/h3,6-7,11H,4-5,8-9H2,1-2H3. The third-order valence-electron chi connectivity index (χ3n) is 2.59. The minimum Gasteiger partial charge on any atom is -0.381 e. The van der Waals surface area contributed by atoms with E-state index in [1.165, 1.54) is 18.3 Å². The quantitative estimate of drug-likeness (QED) is 0.737. The summed E-state index contributed by atoms with van der Waals surface area (Å²) in [7, 11) is -1.63. The maximum absolute atomic E-state index is 11.9. The van der Waals surface area contributed by atoms with Gasteiger partial charge in [0, 0.05) is 13.5 Å². The van der Waals surface area contributed by atoms with Crippen LogP contribution in [0.4, 0.5) is 0 Å². The number of carbonyl (C=O) groups is 1. The van der Waals surface area contributed by atoms with Gasteiger partial charge in [0.1, 0.15) is 9.99 Å².